The van der Waals surface area contributed by atoms with E-state index in [-0.39, 0.29) is 17.3 Å². The number of carbonyl (C=O) groups is 1. The van der Waals surface area contributed by atoms with Crippen LogP contribution < -0.4 is 10.4 Å². The van der Waals surface area contributed by atoms with E-state index in [1.807, 2.05) is 19.0 Å². The van der Waals surface area contributed by atoms with Gasteiger partial charge in [0.05, 0.1) is 0 Å². The zero-order valence-corrected chi connectivity index (χ0v) is 11.3. The summed E-state index contributed by atoms with van der Waals surface area (Å²) in [5, 5.41) is 12.0. The van der Waals surface area contributed by atoms with Crippen molar-refractivity contribution in [3.05, 3.63) is 27.7 Å². The Morgan fingerprint density at radius 1 is 1.37 bits per heavy atom. The van der Waals surface area contributed by atoms with E-state index in [9.17, 15) is 14.7 Å². The predicted molar refractivity (Wildman–Crippen MR) is 69.9 cm³/mol. The third-order valence-corrected chi connectivity index (χ3v) is 4.23. The summed E-state index contributed by atoms with van der Waals surface area (Å²) in [6.07, 6.45) is 3.45. The Bertz CT molecular complexity index is 631. The van der Waals surface area contributed by atoms with Crippen LogP contribution in [0.25, 0.3) is 0 Å². The fourth-order valence-corrected chi connectivity index (χ4v) is 2.98. The molecule has 0 radical (unpaired) electrons. The quantitative estimate of drug-likeness (QED) is 0.796. The number of aromatic nitrogens is 1. The van der Waals surface area contributed by atoms with Gasteiger partial charge in [-0.15, -0.1) is 0 Å². The topological polar surface area (TPSA) is 65.8 Å². The van der Waals surface area contributed by atoms with Crippen molar-refractivity contribution in [1.82, 2.24) is 9.58 Å². The number of nitrogens with zero attached hydrogens (tertiary/aromatic N) is 3. The number of pyridine rings is 1. The molecule has 1 spiro atoms. The maximum atomic E-state index is 12.5. The molecule has 0 saturated heterocycles. The lowest BCUT2D eigenvalue weighted by atomic mass is 10.1. The minimum atomic E-state index is -0.476. The SMILES string of the molecule is CCN1C(=O)c2c(O)c(=O)c(C)cn2N(C)C12CC2. The van der Waals surface area contributed by atoms with Crippen LogP contribution in [-0.4, -0.2) is 39.8 Å². The van der Waals surface area contributed by atoms with Crippen molar-refractivity contribution >= 4 is 5.91 Å². The highest BCUT2D eigenvalue weighted by Gasteiger charge is 2.57. The van der Waals surface area contributed by atoms with Gasteiger partial charge in [-0.2, -0.15) is 0 Å². The number of aryl methyl sites for hydroxylation is 1. The molecule has 1 aliphatic heterocycles. The van der Waals surface area contributed by atoms with E-state index in [1.165, 1.54) is 0 Å². The van der Waals surface area contributed by atoms with E-state index in [0.29, 0.717) is 12.1 Å². The van der Waals surface area contributed by atoms with Crippen LogP contribution in [0.15, 0.2) is 11.0 Å². The molecule has 6 heteroatoms. The Labute approximate surface area is 110 Å². The Hall–Kier alpha value is -1.98. The van der Waals surface area contributed by atoms with Crippen molar-refractivity contribution in [2.75, 3.05) is 18.6 Å². The second-order valence-corrected chi connectivity index (χ2v) is 5.24. The molecular formula is C13H17N3O3. The molecule has 2 aliphatic rings. The second kappa shape index (κ2) is 3.53. The molecule has 1 aliphatic carbocycles. The summed E-state index contributed by atoms with van der Waals surface area (Å²) in [6.45, 7) is 4.11. The van der Waals surface area contributed by atoms with Gasteiger partial charge in [0.15, 0.2) is 11.4 Å². The Morgan fingerprint density at radius 2 is 2.00 bits per heavy atom. The molecule has 1 fully saturated rings. The minimum absolute atomic E-state index is 0.0671. The lowest BCUT2D eigenvalue weighted by molar-refractivity contribution is 0.0551. The van der Waals surface area contributed by atoms with Crippen LogP contribution in [0.3, 0.4) is 0 Å². The molecule has 0 unspecified atom stereocenters. The molecule has 1 aromatic rings. The number of amides is 1. The fraction of sp³-hybridized carbons (Fsp3) is 0.538. The van der Waals surface area contributed by atoms with Gasteiger partial charge in [0.25, 0.3) is 5.91 Å². The zero-order valence-electron chi connectivity index (χ0n) is 11.3. The standard InChI is InChI=1S/C13H17N3O3/c1-4-15-12(19)9-11(18)10(17)8(2)7-16(9)14(3)13(15)5-6-13/h7,18H,4-6H2,1-3H3. The summed E-state index contributed by atoms with van der Waals surface area (Å²) in [5.74, 6) is -0.724. The summed E-state index contributed by atoms with van der Waals surface area (Å²) in [6, 6.07) is 0. The fourth-order valence-electron chi connectivity index (χ4n) is 2.98. The van der Waals surface area contributed by atoms with E-state index in [2.05, 4.69) is 0 Å². The van der Waals surface area contributed by atoms with E-state index < -0.39 is 11.2 Å². The molecular weight excluding hydrogens is 246 g/mol. The zero-order chi connectivity index (χ0) is 13.9. The number of rotatable bonds is 1. The van der Waals surface area contributed by atoms with E-state index in [4.69, 9.17) is 0 Å². The first-order valence-electron chi connectivity index (χ1n) is 6.45. The van der Waals surface area contributed by atoms with E-state index >= 15 is 0 Å². The van der Waals surface area contributed by atoms with Gasteiger partial charge in [-0.25, -0.2) is 0 Å². The van der Waals surface area contributed by atoms with E-state index in [0.717, 1.165) is 12.8 Å². The smallest absolute Gasteiger partial charge is 0.278 e. The van der Waals surface area contributed by atoms with Gasteiger partial charge < -0.3 is 10.0 Å². The predicted octanol–water partition coefficient (Wildman–Crippen LogP) is 0.396. The number of hydrogen-bond donors (Lipinski definition) is 1. The Balaban J connectivity index is 2.29. The summed E-state index contributed by atoms with van der Waals surface area (Å²) >= 11 is 0. The van der Waals surface area contributed by atoms with Crippen molar-refractivity contribution in [2.45, 2.75) is 32.4 Å². The first kappa shape index (κ1) is 12.1. The molecule has 1 amide bonds. The highest BCUT2D eigenvalue weighted by atomic mass is 16.3. The van der Waals surface area contributed by atoms with Crippen LogP contribution in [-0.2, 0) is 0 Å². The molecule has 0 aromatic carbocycles. The molecule has 102 valence electrons. The number of aromatic hydroxyl groups is 1. The number of fused-ring (bicyclic) bond motifs is 1. The Kier molecular flexibility index (Phi) is 2.24. The monoisotopic (exact) mass is 263 g/mol. The minimum Gasteiger partial charge on any atom is -0.502 e. The molecule has 19 heavy (non-hydrogen) atoms. The van der Waals surface area contributed by atoms with Gasteiger partial charge in [-0.1, -0.05) is 0 Å². The average molecular weight is 263 g/mol. The summed E-state index contributed by atoms with van der Waals surface area (Å²) in [7, 11) is 1.88. The van der Waals surface area contributed by atoms with Crippen LogP contribution >= 0.6 is 0 Å². The second-order valence-electron chi connectivity index (χ2n) is 5.24. The maximum absolute atomic E-state index is 12.5. The van der Waals surface area contributed by atoms with Gasteiger partial charge in [0.1, 0.15) is 5.66 Å². The van der Waals surface area contributed by atoms with Gasteiger partial charge in [0, 0.05) is 25.4 Å². The molecule has 3 rings (SSSR count). The molecule has 1 N–H and O–H groups in total. The molecule has 0 atom stereocenters. The molecule has 6 nitrogen and oxygen atoms in total. The van der Waals surface area contributed by atoms with Crippen LogP contribution in [0.2, 0.25) is 0 Å². The molecule has 0 bridgehead atoms. The van der Waals surface area contributed by atoms with Crippen LogP contribution in [0.4, 0.5) is 0 Å². The number of hydrogen-bond acceptors (Lipinski definition) is 4. The van der Waals surface area contributed by atoms with Crippen molar-refractivity contribution in [3.63, 3.8) is 0 Å². The third kappa shape index (κ3) is 1.31. The van der Waals surface area contributed by atoms with Gasteiger partial charge >= 0.3 is 0 Å². The van der Waals surface area contributed by atoms with Gasteiger partial charge in [0.2, 0.25) is 5.43 Å². The van der Waals surface area contributed by atoms with Crippen molar-refractivity contribution in [1.29, 1.82) is 0 Å². The molecule has 1 aromatic heterocycles. The molecule has 1 saturated carbocycles. The van der Waals surface area contributed by atoms with Gasteiger partial charge in [-0.05, 0) is 26.7 Å². The van der Waals surface area contributed by atoms with Crippen LogP contribution in [0, 0.1) is 6.92 Å². The first-order chi connectivity index (χ1) is 8.94. The lowest BCUT2D eigenvalue weighted by Gasteiger charge is -2.45. The average Bonchev–Trinajstić information content (AvgIpc) is 3.15. The van der Waals surface area contributed by atoms with Crippen molar-refractivity contribution in [2.24, 2.45) is 0 Å². The third-order valence-electron chi connectivity index (χ3n) is 4.23. The lowest BCUT2D eigenvalue weighted by Crippen LogP contribution is -2.61. The Morgan fingerprint density at radius 3 is 2.53 bits per heavy atom. The van der Waals surface area contributed by atoms with Crippen LogP contribution in [0.5, 0.6) is 5.75 Å². The van der Waals surface area contributed by atoms with Crippen molar-refractivity contribution < 1.29 is 9.90 Å². The van der Waals surface area contributed by atoms with Crippen LogP contribution in [0.1, 0.15) is 35.8 Å². The summed E-state index contributed by atoms with van der Waals surface area (Å²) < 4.78 is 1.62. The molecule has 2 heterocycles. The largest absolute Gasteiger partial charge is 0.502 e. The normalized spacial score (nSPS) is 19.8. The van der Waals surface area contributed by atoms with Gasteiger partial charge in [-0.3, -0.25) is 19.3 Å². The maximum Gasteiger partial charge on any atom is 0.278 e. The number of carbonyl (C=O) groups excluding carboxylic acids is 1. The highest BCUT2D eigenvalue weighted by molar-refractivity contribution is 5.97. The summed E-state index contributed by atoms with van der Waals surface area (Å²) in [4.78, 5) is 26.1. The first-order valence-corrected chi connectivity index (χ1v) is 6.45. The van der Waals surface area contributed by atoms with Crippen molar-refractivity contribution in [3.8, 4) is 5.75 Å². The van der Waals surface area contributed by atoms with E-state index in [1.54, 1.807) is 22.7 Å². The highest BCUT2D eigenvalue weighted by Crippen LogP contribution is 2.46. The summed E-state index contributed by atoms with van der Waals surface area (Å²) in [5.41, 5.74) is -0.262.